The van der Waals surface area contributed by atoms with Crippen molar-refractivity contribution in [2.24, 2.45) is 0 Å². The van der Waals surface area contributed by atoms with Gasteiger partial charge in [-0.05, 0) is 56.0 Å². The molecular weight excluding hydrogens is 357 g/mol. The molecule has 2 heterocycles. The standard InChI is InChI=1S/C19H21F3N4O/c1-2-15-5-3-4-12-26(15)18-23-11-10-16(25-18)17(27)24-14-8-6-13(7-9-14)19(20,21)22/h6-11,15H,2-5,12H2,1H3,(H,24,27). The number of benzene rings is 1. The van der Waals surface area contributed by atoms with Crippen molar-refractivity contribution in [1.29, 1.82) is 0 Å². The molecule has 2 aromatic rings. The lowest BCUT2D eigenvalue weighted by molar-refractivity contribution is -0.137. The molecule has 27 heavy (non-hydrogen) atoms. The number of halogens is 3. The Kier molecular flexibility index (Phi) is 5.62. The average molecular weight is 378 g/mol. The van der Waals surface area contributed by atoms with Crippen molar-refractivity contribution < 1.29 is 18.0 Å². The maximum Gasteiger partial charge on any atom is 0.416 e. The van der Waals surface area contributed by atoms with E-state index in [0.29, 0.717) is 12.0 Å². The lowest BCUT2D eigenvalue weighted by Crippen LogP contribution is -2.40. The van der Waals surface area contributed by atoms with Crippen molar-refractivity contribution in [3.63, 3.8) is 0 Å². The molecule has 1 fully saturated rings. The molecule has 0 spiro atoms. The first kappa shape index (κ1) is 19.1. The molecule has 1 N–H and O–H groups in total. The van der Waals surface area contributed by atoms with Crippen LogP contribution in [0.5, 0.6) is 0 Å². The lowest BCUT2D eigenvalue weighted by Gasteiger charge is -2.35. The highest BCUT2D eigenvalue weighted by atomic mass is 19.4. The number of amides is 1. The van der Waals surface area contributed by atoms with Crippen molar-refractivity contribution in [3.05, 3.63) is 47.8 Å². The number of anilines is 2. The molecule has 1 aliphatic heterocycles. The first-order chi connectivity index (χ1) is 12.9. The van der Waals surface area contributed by atoms with Gasteiger partial charge in [0.1, 0.15) is 5.69 Å². The van der Waals surface area contributed by atoms with E-state index in [1.165, 1.54) is 30.8 Å². The summed E-state index contributed by atoms with van der Waals surface area (Å²) in [6.07, 6.45) is 1.40. The predicted molar refractivity (Wildman–Crippen MR) is 96.7 cm³/mol. The maximum absolute atomic E-state index is 12.6. The van der Waals surface area contributed by atoms with Gasteiger partial charge in [0.25, 0.3) is 5.91 Å². The smallest absolute Gasteiger partial charge is 0.338 e. The van der Waals surface area contributed by atoms with Gasteiger partial charge in [0.2, 0.25) is 5.95 Å². The number of alkyl halides is 3. The monoisotopic (exact) mass is 378 g/mol. The Morgan fingerprint density at radius 1 is 1.22 bits per heavy atom. The third kappa shape index (κ3) is 4.56. The van der Waals surface area contributed by atoms with Gasteiger partial charge >= 0.3 is 6.18 Å². The molecule has 1 saturated heterocycles. The first-order valence-electron chi connectivity index (χ1n) is 8.97. The van der Waals surface area contributed by atoms with Crippen molar-refractivity contribution in [3.8, 4) is 0 Å². The molecule has 1 atom stereocenters. The number of piperidine rings is 1. The van der Waals surface area contributed by atoms with Gasteiger partial charge in [0, 0.05) is 24.5 Å². The topological polar surface area (TPSA) is 58.1 Å². The minimum atomic E-state index is -4.41. The van der Waals surface area contributed by atoms with E-state index in [1.807, 2.05) is 0 Å². The van der Waals surface area contributed by atoms with Crippen LogP contribution in [0.2, 0.25) is 0 Å². The summed E-state index contributed by atoms with van der Waals surface area (Å²) in [5.74, 6) is 0.0325. The van der Waals surface area contributed by atoms with E-state index in [-0.39, 0.29) is 11.4 Å². The highest BCUT2D eigenvalue weighted by molar-refractivity contribution is 6.02. The Morgan fingerprint density at radius 3 is 2.63 bits per heavy atom. The molecule has 1 aliphatic rings. The van der Waals surface area contributed by atoms with E-state index in [4.69, 9.17) is 0 Å². The van der Waals surface area contributed by atoms with Crippen molar-refractivity contribution in [1.82, 2.24) is 9.97 Å². The zero-order valence-electron chi connectivity index (χ0n) is 15.0. The van der Waals surface area contributed by atoms with Crippen LogP contribution in [0.3, 0.4) is 0 Å². The predicted octanol–water partition coefficient (Wildman–Crippen LogP) is 4.52. The number of carbonyl (C=O) groups excluding carboxylic acids is 1. The minimum Gasteiger partial charge on any atom is -0.338 e. The highest BCUT2D eigenvalue weighted by Gasteiger charge is 2.30. The van der Waals surface area contributed by atoms with Gasteiger partial charge < -0.3 is 10.2 Å². The number of aromatic nitrogens is 2. The van der Waals surface area contributed by atoms with Crippen LogP contribution >= 0.6 is 0 Å². The van der Waals surface area contributed by atoms with Crippen LogP contribution in [0.1, 0.15) is 48.7 Å². The molecule has 0 radical (unpaired) electrons. The van der Waals surface area contributed by atoms with Crippen LogP contribution in [0.15, 0.2) is 36.5 Å². The molecule has 1 aromatic heterocycles. The van der Waals surface area contributed by atoms with Gasteiger partial charge in [-0.2, -0.15) is 13.2 Å². The summed E-state index contributed by atoms with van der Waals surface area (Å²) in [5.41, 5.74) is -0.307. The summed E-state index contributed by atoms with van der Waals surface area (Å²) < 4.78 is 37.9. The van der Waals surface area contributed by atoms with Crippen LogP contribution in [0.25, 0.3) is 0 Å². The average Bonchev–Trinajstić information content (AvgIpc) is 2.67. The summed E-state index contributed by atoms with van der Waals surface area (Å²) in [4.78, 5) is 23.2. The number of rotatable bonds is 4. The molecule has 1 amide bonds. The molecule has 0 bridgehead atoms. The summed E-state index contributed by atoms with van der Waals surface area (Å²) in [7, 11) is 0. The first-order valence-corrected chi connectivity index (χ1v) is 8.97. The van der Waals surface area contributed by atoms with Crippen LogP contribution in [-0.4, -0.2) is 28.5 Å². The summed E-state index contributed by atoms with van der Waals surface area (Å²) in [5, 5.41) is 2.58. The fourth-order valence-corrected chi connectivity index (χ4v) is 3.24. The fraction of sp³-hybridized carbons (Fsp3) is 0.421. The van der Waals surface area contributed by atoms with Gasteiger partial charge in [-0.25, -0.2) is 9.97 Å². The Hall–Kier alpha value is -2.64. The second kappa shape index (κ2) is 7.94. The SMILES string of the molecule is CCC1CCCCN1c1nccc(C(=O)Nc2ccc(C(F)(F)F)cc2)n1. The zero-order chi connectivity index (χ0) is 19.4. The largest absolute Gasteiger partial charge is 0.416 e. The molecule has 144 valence electrons. The van der Waals surface area contributed by atoms with Gasteiger partial charge in [0.05, 0.1) is 5.56 Å². The fourth-order valence-electron chi connectivity index (χ4n) is 3.24. The van der Waals surface area contributed by atoms with Crippen LogP contribution in [0, 0.1) is 0 Å². The van der Waals surface area contributed by atoms with Crippen LogP contribution in [-0.2, 0) is 6.18 Å². The van der Waals surface area contributed by atoms with E-state index in [9.17, 15) is 18.0 Å². The second-order valence-corrected chi connectivity index (χ2v) is 6.52. The molecule has 0 aliphatic carbocycles. The number of hydrogen-bond acceptors (Lipinski definition) is 4. The Bertz CT molecular complexity index is 792. The molecular formula is C19H21F3N4O. The summed E-state index contributed by atoms with van der Waals surface area (Å²) >= 11 is 0. The van der Waals surface area contributed by atoms with E-state index in [1.54, 1.807) is 0 Å². The molecule has 3 rings (SSSR count). The lowest BCUT2D eigenvalue weighted by atomic mass is 10.0. The Morgan fingerprint density at radius 2 is 1.96 bits per heavy atom. The zero-order valence-corrected chi connectivity index (χ0v) is 15.0. The summed E-state index contributed by atoms with van der Waals surface area (Å²) in [6.45, 7) is 2.96. The number of nitrogens with one attached hydrogen (secondary N) is 1. The normalized spacial score (nSPS) is 17.6. The number of hydrogen-bond donors (Lipinski definition) is 1. The third-order valence-electron chi connectivity index (χ3n) is 4.70. The Labute approximate surface area is 155 Å². The van der Waals surface area contributed by atoms with Gasteiger partial charge in [-0.1, -0.05) is 6.92 Å². The van der Waals surface area contributed by atoms with Gasteiger partial charge in [-0.15, -0.1) is 0 Å². The number of carbonyl (C=O) groups is 1. The van der Waals surface area contributed by atoms with Crippen LogP contribution < -0.4 is 10.2 Å². The third-order valence-corrected chi connectivity index (χ3v) is 4.70. The van der Waals surface area contributed by atoms with Crippen molar-refractivity contribution in [2.45, 2.75) is 44.8 Å². The van der Waals surface area contributed by atoms with Gasteiger partial charge in [0.15, 0.2) is 0 Å². The highest BCUT2D eigenvalue weighted by Crippen LogP contribution is 2.30. The number of nitrogens with zero attached hydrogens (tertiary/aromatic N) is 3. The summed E-state index contributed by atoms with van der Waals surface area (Å²) in [6, 6.07) is 6.16. The van der Waals surface area contributed by atoms with E-state index < -0.39 is 17.6 Å². The van der Waals surface area contributed by atoms with E-state index in [2.05, 4.69) is 27.1 Å². The van der Waals surface area contributed by atoms with E-state index in [0.717, 1.165) is 37.9 Å². The van der Waals surface area contributed by atoms with Gasteiger partial charge in [-0.3, -0.25) is 4.79 Å². The maximum atomic E-state index is 12.6. The molecule has 1 aromatic carbocycles. The quantitative estimate of drug-likeness (QED) is 0.850. The molecule has 5 nitrogen and oxygen atoms in total. The van der Waals surface area contributed by atoms with Crippen LogP contribution in [0.4, 0.5) is 24.8 Å². The minimum absolute atomic E-state index is 0.181. The Balaban J connectivity index is 1.73. The van der Waals surface area contributed by atoms with E-state index >= 15 is 0 Å². The second-order valence-electron chi connectivity index (χ2n) is 6.52. The van der Waals surface area contributed by atoms with Crippen molar-refractivity contribution in [2.75, 3.05) is 16.8 Å². The van der Waals surface area contributed by atoms with Crippen molar-refractivity contribution >= 4 is 17.5 Å². The molecule has 1 unspecified atom stereocenters. The molecule has 0 saturated carbocycles. The molecule has 8 heteroatoms.